The molecule has 14 heavy (non-hydrogen) atoms. The maximum Gasteiger partial charge on any atom is 0.227 e. The number of hydrogen-bond acceptors (Lipinski definition) is 2. The van der Waals surface area contributed by atoms with Gasteiger partial charge in [-0.25, -0.2) is 0 Å². The molecule has 3 heteroatoms. The first kappa shape index (κ1) is 7.85. The van der Waals surface area contributed by atoms with E-state index < -0.39 is 0 Å². The lowest BCUT2D eigenvalue weighted by atomic mass is 10.1. The SMILES string of the molecule is O=C1CCC2Cc3cc(O)ccc3N12. The van der Waals surface area contributed by atoms with E-state index in [0.717, 1.165) is 24.1 Å². The predicted molar refractivity (Wildman–Crippen MR) is 52.3 cm³/mol. The van der Waals surface area contributed by atoms with Gasteiger partial charge in [0.15, 0.2) is 0 Å². The third-order valence-corrected chi connectivity index (χ3v) is 3.10. The van der Waals surface area contributed by atoms with Crippen LogP contribution in [-0.2, 0) is 11.2 Å². The number of phenolic OH excluding ortho intramolecular Hbond substituents is 1. The summed E-state index contributed by atoms with van der Waals surface area (Å²) in [5, 5.41) is 9.32. The summed E-state index contributed by atoms with van der Waals surface area (Å²) in [7, 11) is 0. The Bertz CT molecular complexity index is 414. The van der Waals surface area contributed by atoms with E-state index in [2.05, 4.69) is 0 Å². The largest absolute Gasteiger partial charge is 0.508 e. The first-order chi connectivity index (χ1) is 6.75. The van der Waals surface area contributed by atoms with E-state index in [-0.39, 0.29) is 11.7 Å². The van der Waals surface area contributed by atoms with Crippen molar-refractivity contribution in [1.29, 1.82) is 0 Å². The molecular weight excluding hydrogens is 178 g/mol. The van der Waals surface area contributed by atoms with Gasteiger partial charge in [-0.1, -0.05) is 0 Å². The fraction of sp³-hybridized carbons (Fsp3) is 0.364. The molecule has 1 aromatic carbocycles. The Hall–Kier alpha value is -1.51. The Morgan fingerprint density at radius 3 is 3.14 bits per heavy atom. The molecular formula is C11H11NO2. The minimum Gasteiger partial charge on any atom is -0.508 e. The van der Waals surface area contributed by atoms with Gasteiger partial charge in [0.25, 0.3) is 0 Å². The van der Waals surface area contributed by atoms with Gasteiger partial charge in [-0.2, -0.15) is 0 Å². The van der Waals surface area contributed by atoms with Crippen LogP contribution in [0.1, 0.15) is 18.4 Å². The summed E-state index contributed by atoms with van der Waals surface area (Å²) in [5.74, 6) is 0.511. The van der Waals surface area contributed by atoms with Gasteiger partial charge in [-0.3, -0.25) is 4.79 Å². The van der Waals surface area contributed by atoms with E-state index in [1.807, 2.05) is 11.0 Å². The number of carbonyl (C=O) groups excluding carboxylic acids is 1. The molecule has 3 nitrogen and oxygen atoms in total. The van der Waals surface area contributed by atoms with Crippen molar-refractivity contribution in [2.24, 2.45) is 0 Å². The normalized spacial score (nSPS) is 23.9. The van der Waals surface area contributed by atoms with Crippen molar-refractivity contribution in [2.45, 2.75) is 25.3 Å². The smallest absolute Gasteiger partial charge is 0.227 e. The van der Waals surface area contributed by atoms with E-state index in [4.69, 9.17) is 0 Å². The molecule has 0 bridgehead atoms. The zero-order valence-corrected chi connectivity index (χ0v) is 7.73. The van der Waals surface area contributed by atoms with Crippen molar-refractivity contribution >= 4 is 11.6 Å². The van der Waals surface area contributed by atoms with Crippen LogP contribution >= 0.6 is 0 Å². The van der Waals surface area contributed by atoms with Crippen LogP contribution in [0.5, 0.6) is 5.75 Å². The number of amides is 1. The standard InChI is InChI=1S/C11H11NO2/c13-9-2-3-10-7(6-9)5-8-1-4-11(14)12(8)10/h2-3,6,8,13H,1,4-5H2. The van der Waals surface area contributed by atoms with Crippen LogP contribution in [0.15, 0.2) is 18.2 Å². The zero-order chi connectivity index (χ0) is 9.71. The van der Waals surface area contributed by atoms with Crippen LogP contribution in [-0.4, -0.2) is 17.1 Å². The van der Waals surface area contributed by atoms with E-state index in [1.165, 1.54) is 0 Å². The molecule has 0 spiro atoms. The average Bonchev–Trinajstić information content (AvgIpc) is 2.66. The van der Waals surface area contributed by atoms with Crippen LogP contribution in [0.3, 0.4) is 0 Å². The summed E-state index contributed by atoms with van der Waals surface area (Å²) in [4.78, 5) is 13.5. The van der Waals surface area contributed by atoms with E-state index in [0.29, 0.717) is 12.5 Å². The summed E-state index contributed by atoms with van der Waals surface area (Å²) < 4.78 is 0. The molecule has 1 amide bonds. The van der Waals surface area contributed by atoms with Crippen molar-refractivity contribution in [2.75, 3.05) is 4.90 Å². The third-order valence-electron chi connectivity index (χ3n) is 3.10. The Balaban J connectivity index is 2.11. The molecule has 1 saturated heterocycles. The maximum absolute atomic E-state index is 11.6. The molecule has 0 radical (unpaired) electrons. The highest BCUT2D eigenvalue weighted by molar-refractivity contribution is 5.98. The summed E-state index contributed by atoms with van der Waals surface area (Å²) in [5.41, 5.74) is 2.10. The van der Waals surface area contributed by atoms with Gasteiger partial charge >= 0.3 is 0 Å². The van der Waals surface area contributed by atoms with Crippen molar-refractivity contribution in [1.82, 2.24) is 0 Å². The highest BCUT2D eigenvalue weighted by atomic mass is 16.3. The molecule has 0 aromatic heterocycles. The van der Waals surface area contributed by atoms with E-state index in [9.17, 15) is 9.90 Å². The van der Waals surface area contributed by atoms with Crippen molar-refractivity contribution in [3.05, 3.63) is 23.8 Å². The van der Waals surface area contributed by atoms with Gasteiger partial charge < -0.3 is 10.0 Å². The first-order valence-electron chi connectivity index (χ1n) is 4.89. The van der Waals surface area contributed by atoms with Gasteiger partial charge in [-0.15, -0.1) is 0 Å². The summed E-state index contributed by atoms with van der Waals surface area (Å²) >= 11 is 0. The quantitative estimate of drug-likeness (QED) is 0.671. The molecule has 1 unspecified atom stereocenters. The Morgan fingerprint density at radius 2 is 2.29 bits per heavy atom. The molecule has 1 atom stereocenters. The number of carbonyl (C=O) groups is 1. The van der Waals surface area contributed by atoms with Crippen molar-refractivity contribution in [3.8, 4) is 5.75 Å². The minimum atomic E-state index is 0.222. The molecule has 3 rings (SSSR count). The number of rotatable bonds is 0. The summed E-state index contributed by atoms with van der Waals surface area (Å²) in [6, 6.07) is 5.60. The number of fused-ring (bicyclic) bond motifs is 3. The topological polar surface area (TPSA) is 40.5 Å². The fourth-order valence-corrected chi connectivity index (χ4v) is 2.49. The molecule has 1 N–H and O–H groups in total. The van der Waals surface area contributed by atoms with Gasteiger partial charge in [0, 0.05) is 18.2 Å². The second-order valence-corrected chi connectivity index (χ2v) is 3.97. The predicted octanol–water partition coefficient (Wildman–Crippen LogP) is 1.44. The second kappa shape index (κ2) is 2.50. The van der Waals surface area contributed by atoms with Crippen molar-refractivity contribution < 1.29 is 9.90 Å². The van der Waals surface area contributed by atoms with Crippen LogP contribution in [0.4, 0.5) is 5.69 Å². The molecule has 0 saturated carbocycles. The molecule has 2 heterocycles. The Kier molecular flexibility index (Phi) is 1.40. The number of phenols is 1. The second-order valence-electron chi connectivity index (χ2n) is 3.97. The lowest BCUT2D eigenvalue weighted by molar-refractivity contribution is -0.117. The summed E-state index contributed by atoms with van der Waals surface area (Å²) in [6.45, 7) is 0. The Morgan fingerprint density at radius 1 is 1.43 bits per heavy atom. The first-order valence-corrected chi connectivity index (χ1v) is 4.89. The zero-order valence-electron chi connectivity index (χ0n) is 7.73. The highest BCUT2D eigenvalue weighted by Crippen LogP contribution is 2.39. The van der Waals surface area contributed by atoms with Gasteiger partial charge in [0.1, 0.15) is 5.75 Å². The maximum atomic E-state index is 11.6. The van der Waals surface area contributed by atoms with Gasteiger partial charge in [-0.05, 0) is 36.6 Å². The molecule has 2 aliphatic heterocycles. The molecule has 72 valence electrons. The number of hydrogen-bond donors (Lipinski definition) is 1. The van der Waals surface area contributed by atoms with Crippen LogP contribution in [0.25, 0.3) is 0 Å². The van der Waals surface area contributed by atoms with Crippen LogP contribution in [0, 0.1) is 0 Å². The molecule has 2 aliphatic rings. The molecule has 1 aromatic rings. The van der Waals surface area contributed by atoms with Gasteiger partial charge in [0.05, 0.1) is 0 Å². The number of benzene rings is 1. The van der Waals surface area contributed by atoms with E-state index in [1.54, 1.807) is 12.1 Å². The third kappa shape index (κ3) is 0.895. The van der Waals surface area contributed by atoms with Gasteiger partial charge in [0.2, 0.25) is 5.91 Å². The minimum absolute atomic E-state index is 0.222. The highest BCUT2D eigenvalue weighted by Gasteiger charge is 2.38. The van der Waals surface area contributed by atoms with E-state index >= 15 is 0 Å². The summed E-state index contributed by atoms with van der Waals surface area (Å²) in [6.07, 6.45) is 2.52. The van der Waals surface area contributed by atoms with Crippen LogP contribution in [0.2, 0.25) is 0 Å². The van der Waals surface area contributed by atoms with Crippen LogP contribution < -0.4 is 4.90 Å². The Labute approximate surface area is 82.0 Å². The molecule has 1 fully saturated rings. The lowest BCUT2D eigenvalue weighted by Crippen LogP contribution is -2.28. The fourth-order valence-electron chi connectivity index (χ4n) is 2.49. The monoisotopic (exact) mass is 189 g/mol. The number of aromatic hydroxyl groups is 1. The average molecular weight is 189 g/mol. The number of anilines is 1. The number of nitrogens with zero attached hydrogens (tertiary/aromatic N) is 1. The molecule has 0 aliphatic carbocycles. The van der Waals surface area contributed by atoms with Crippen molar-refractivity contribution in [3.63, 3.8) is 0 Å². The lowest BCUT2D eigenvalue weighted by Gasteiger charge is -2.15.